The normalized spacial score (nSPS) is 24.6. The van der Waals surface area contributed by atoms with Gasteiger partial charge in [-0.2, -0.15) is 0 Å². The zero-order valence-corrected chi connectivity index (χ0v) is 5.50. The fourth-order valence-electron chi connectivity index (χ4n) is 0.688. The molecule has 3 heteroatoms. The van der Waals surface area contributed by atoms with Gasteiger partial charge in [0.1, 0.15) is 5.70 Å². The minimum absolute atomic E-state index is 0.0800. The molecule has 0 aromatic rings. The van der Waals surface area contributed by atoms with Crippen LogP contribution in [0.2, 0.25) is 0 Å². The predicted octanol–water partition coefficient (Wildman–Crippen LogP) is 0.490. The summed E-state index contributed by atoms with van der Waals surface area (Å²) in [6.45, 7) is 3.67. The summed E-state index contributed by atoms with van der Waals surface area (Å²) in [4.78, 5) is 10.1. The lowest BCUT2D eigenvalue weighted by atomic mass is 10.3. The Kier molecular flexibility index (Phi) is 1.49. The van der Waals surface area contributed by atoms with E-state index >= 15 is 0 Å². The van der Waals surface area contributed by atoms with Crippen LogP contribution in [0.3, 0.4) is 0 Å². The Bertz CT molecular complexity index is 218. The van der Waals surface area contributed by atoms with Crippen molar-refractivity contribution < 1.29 is 9.90 Å². The topological polar surface area (TPSA) is 63.3 Å². The van der Waals surface area contributed by atoms with Crippen molar-refractivity contribution in [2.24, 2.45) is 11.7 Å². The van der Waals surface area contributed by atoms with Crippen LogP contribution in [-0.2, 0) is 4.79 Å². The summed E-state index contributed by atoms with van der Waals surface area (Å²) in [6, 6.07) is 0. The molecule has 1 saturated carbocycles. The molecular weight excluding hydrogens is 130 g/mol. The van der Waals surface area contributed by atoms with Gasteiger partial charge < -0.3 is 10.8 Å². The van der Waals surface area contributed by atoms with Crippen LogP contribution in [0.1, 0.15) is 6.42 Å². The number of carbonyl (C=O) groups is 1. The third-order valence-electron chi connectivity index (χ3n) is 1.47. The molecule has 1 rings (SSSR count). The van der Waals surface area contributed by atoms with Crippen molar-refractivity contribution >= 4 is 5.97 Å². The molecule has 0 spiro atoms. The highest BCUT2D eigenvalue weighted by molar-refractivity contribution is 5.85. The van der Waals surface area contributed by atoms with Gasteiger partial charge >= 0.3 is 5.97 Å². The fourth-order valence-corrected chi connectivity index (χ4v) is 0.688. The van der Waals surface area contributed by atoms with Crippen LogP contribution in [-0.4, -0.2) is 11.1 Å². The molecule has 1 unspecified atom stereocenters. The molecule has 0 aromatic carbocycles. The number of hydrogen-bond acceptors (Lipinski definition) is 2. The van der Waals surface area contributed by atoms with E-state index in [4.69, 9.17) is 10.8 Å². The van der Waals surface area contributed by atoms with Gasteiger partial charge in [0.15, 0.2) is 0 Å². The van der Waals surface area contributed by atoms with E-state index in [2.05, 4.69) is 6.58 Å². The number of rotatable bonds is 2. The Morgan fingerprint density at radius 3 is 2.70 bits per heavy atom. The average molecular weight is 139 g/mol. The second-order valence-corrected chi connectivity index (χ2v) is 2.40. The smallest absolute Gasteiger partial charge is 0.351 e. The van der Waals surface area contributed by atoms with Gasteiger partial charge in [-0.25, -0.2) is 4.79 Å². The van der Waals surface area contributed by atoms with Crippen molar-refractivity contribution in [2.75, 3.05) is 0 Å². The van der Waals surface area contributed by atoms with Crippen LogP contribution in [0.5, 0.6) is 0 Å². The number of allylic oxidation sites excluding steroid dienone is 2. The van der Waals surface area contributed by atoms with Crippen LogP contribution in [0.25, 0.3) is 0 Å². The summed E-state index contributed by atoms with van der Waals surface area (Å²) in [5.41, 5.74) is 6.12. The molecule has 0 bridgehead atoms. The molecular formula is C7H9NO2. The van der Waals surface area contributed by atoms with Crippen molar-refractivity contribution in [2.45, 2.75) is 6.42 Å². The summed E-state index contributed by atoms with van der Waals surface area (Å²) in [5, 5.41) is 8.32. The molecule has 54 valence electrons. The van der Waals surface area contributed by atoms with Gasteiger partial charge in [0, 0.05) is 5.92 Å². The molecule has 0 heterocycles. The highest BCUT2D eigenvalue weighted by Crippen LogP contribution is 2.37. The molecule has 10 heavy (non-hydrogen) atoms. The second-order valence-electron chi connectivity index (χ2n) is 2.40. The summed E-state index contributed by atoms with van der Waals surface area (Å²) in [5.74, 6) is -0.837. The Labute approximate surface area is 58.8 Å². The Morgan fingerprint density at radius 1 is 1.90 bits per heavy atom. The van der Waals surface area contributed by atoms with Crippen LogP contribution in [0.15, 0.2) is 23.9 Å². The van der Waals surface area contributed by atoms with Gasteiger partial charge in [-0.1, -0.05) is 12.2 Å². The first kappa shape index (κ1) is 6.86. The summed E-state index contributed by atoms with van der Waals surface area (Å²) in [6.07, 6.45) is 2.42. The number of aliphatic carboxylic acids is 1. The predicted molar refractivity (Wildman–Crippen MR) is 37.2 cm³/mol. The van der Waals surface area contributed by atoms with E-state index in [0.717, 1.165) is 12.0 Å². The number of carboxylic acid groups (broad SMARTS) is 1. The summed E-state index contributed by atoms with van der Waals surface area (Å²) >= 11 is 0. The minimum atomic E-state index is -1.06. The third-order valence-corrected chi connectivity index (χ3v) is 1.47. The number of carboxylic acids is 1. The number of hydrogen-bond donors (Lipinski definition) is 2. The Morgan fingerprint density at radius 2 is 2.40 bits per heavy atom. The maximum absolute atomic E-state index is 10.1. The maximum Gasteiger partial charge on any atom is 0.351 e. The minimum Gasteiger partial charge on any atom is -0.477 e. The first-order valence-electron chi connectivity index (χ1n) is 2.99. The van der Waals surface area contributed by atoms with Crippen LogP contribution in [0.4, 0.5) is 0 Å². The number of nitrogens with two attached hydrogens (primary N) is 1. The molecule has 1 aliphatic carbocycles. The third kappa shape index (κ3) is 1.37. The SMILES string of the molecule is C=C1CC1/C=C(\N)C(=O)O. The van der Waals surface area contributed by atoms with E-state index < -0.39 is 5.97 Å². The van der Waals surface area contributed by atoms with E-state index in [-0.39, 0.29) is 11.6 Å². The van der Waals surface area contributed by atoms with E-state index in [1.54, 1.807) is 0 Å². The van der Waals surface area contributed by atoms with Crippen molar-refractivity contribution in [1.29, 1.82) is 0 Å². The monoisotopic (exact) mass is 139 g/mol. The fraction of sp³-hybridized carbons (Fsp3) is 0.286. The average Bonchev–Trinajstić information content (AvgIpc) is 2.46. The van der Waals surface area contributed by atoms with Crippen LogP contribution < -0.4 is 5.73 Å². The molecule has 0 aromatic heterocycles. The lowest BCUT2D eigenvalue weighted by Gasteiger charge is -1.89. The maximum atomic E-state index is 10.1. The first-order chi connectivity index (χ1) is 4.61. The van der Waals surface area contributed by atoms with Crippen molar-refractivity contribution in [3.05, 3.63) is 23.9 Å². The van der Waals surface area contributed by atoms with Gasteiger partial charge in [0.05, 0.1) is 0 Å². The zero-order chi connectivity index (χ0) is 7.72. The largest absolute Gasteiger partial charge is 0.477 e. The molecule has 0 saturated heterocycles. The molecule has 0 amide bonds. The van der Waals surface area contributed by atoms with Gasteiger partial charge in [-0.15, -0.1) is 0 Å². The molecule has 1 fully saturated rings. The van der Waals surface area contributed by atoms with E-state index in [0.29, 0.717) is 0 Å². The summed E-state index contributed by atoms with van der Waals surface area (Å²) < 4.78 is 0. The molecule has 0 aliphatic heterocycles. The lowest BCUT2D eigenvalue weighted by molar-refractivity contribution is -0.132. The molecule has 3 N–H and O–H groups in total. The quantitative estimate of drug-likeness (QED) is 0.432. The first-order valence-corrected chi connectivity index (χ1v) is 2.99. The lowest BCUT2D eigenvalue weighted by Crippen LogP contribution is -2.09. The molecule has 1 atom stereocenters. The van der Waals surface area contributed by atoms with E-state index in [1.165, 1.54) is 6.08 Å². The van der Waals surface area contributed by atoms with Gasteiger partial charge in [-0.3, -0.25) is 0 Å². The standard InChI is InChI=1S/C7H9NO2/c1-4-2-5(4)3-6(8)7(9)10/h3,5H,1-2,8H2,(H,9,10)/b6-3-. The molecule has 3 nitrogen and oxygen atoms in total. The van der Waals surface area contributed by atoms with E-state index in [9.17, 15) is 4.79 Å². The molecule has 0 radical (unpaired) electrons. The Balaban J connectivity index is 2.55. The van der Waals surface area contributed by atoms with Crippen LogP contribution >= 0.6 is 0 Å². The summed E-state index contributed by atoms with van der Waals surface area (Å²) in [7, 11) is 0. The van der Waals surface area contributed by atoms with E-state index in [1.807, 2.05) is 0 Å². The second kappa shape index (κ2) is 2.17. The van der Waals surface area contributed by atoms with Gasteiger partial charge in [-0.05, 0) is 12.5 Å². The van der Waals surface area contributed by atoms with Crippen molar-refractivity contribution in [1.82, 2.24) is 0 Å². The van der Waals surface area contributed by atoms with Gasteiger partial charge in [0.2, 0.25) is 0 Å². The zero-order valence-electron chi connectivity index (χ0n) is 5.50. The highest BCUT2D eigenvalue weighted by Gasteiger charge is 2.25. The Hall–Kier alpha value is -1.25. The van der Waals surface area contributed by atoms with Crippen molar-refractivity contribution in [3.63, 3.8) is 0 Å². The van der Waals surface area contributed by atoms with Crippen LogP contribution in [0, 0.1) is 5.92 Å². The van der Waals surface area contributed by atoms with Gasteiger partial charge in [0.25, 0.3) is 0 Å². The van der Waals surface area contributed by atoms with Crippen molar-refractivity contribution in [3.8, 4) is 0 Å². The molecule has 1 aliphatic rings. The highest BCUT2D eigenvalue weighted by atomic mass is 16.4.